The molecule has 3 aromatic rings. The van der Waals surface area contributed by atoms with Crippen molar-refractivity contribution in [1.29, 1.82) is 0 Å². The van der Waals surface area contributed by atoms with Crippen LogP contribution >= 0.6 is 39.3 Å². The molecule has 0 saturated carbocycles. The summed E-state index contributed by atoms with van der Waals surface area (Å²) in [5.41, 5.74) is 2.72. The predicted molar refractivity (Wildman–Crippen MR) is 86.0 cm³/mol. The van der Waals surface area contributed by atoms with E-state index in [1.54, 1.807) is 7.11 Å². The lowest BCUT2D eigenvalue weighted by Gasteiger charge is -2.11. The molecule has 0 fully saturated rings. The van der Waals surface area contributed by atoms with Gasteiger partial charge >= 0.3 is 0 Å². The molecule has 1 N–H and O–H groups in total. The normalized spacial score (nSPS) is 11.0. The zero-order chi connectivity index (χ0) is 15.0. The van der Waals surface area contributed by atoms with Crippen molar-refractivity contribution in [3.63, 3.8) is 0 Å². The number of nitrogens with zero attached hydrogens (tertiary/aromatic N) is 4. The first kappa shape index (κ1) is 14.6. The molecule has 3 rings (SSSR count). The molecular formula is C12H9BrClN5OS. The number of nitrogens with one attached hydrogen (secondary N) is 1. The summed E-state index contributed by atoms with van der Waals surface area (Å²) in [4.78, 5) is 8.71. The molecule has 2 aromatic heterocycles. The Morgan fingerprint density at radius 2 is 2.10 bits per heavy atom. The molecule has 0 atom stereocenters. The Morgan fingerprint density at radius 1 is 1.29 bits per heavy atom. The quantitative estimate of drug-likeness (QED) is 0.421. The van der Waals surface area contributed by atoms with Gasteiger partial charge in [-0.15, -0.1) is 0 Å². The van der Waals surface area contributed by atoms with Gasteiger partial charge in [0.2, 0.25) is 0 Å². The summed E-state index contributed by atoms with van der Waals surface area (Å²) in [6, 6.07) is 3.65. The molecule has 1 aromatic carbocycles. The molecule has 108 valence electrons. The molecule has 0 aliphatic rings. The van der Waals surface area contributed by atoms with Crippen molar-refractivity contribution in [2.45, 2.75) is 5.16 Å². The van der Waals surface area contributed by atoms with Gasteiger partial charge in [0.25, 0.3) is 0 Å². The van der Waals surface area contributed by atoms with E-state index in [-0.39, 0.29) is 0 Å². The first-order valence-corrected chi connectivity index (χ1v) is 8.20. The Labute approximate surface area is 137 Å². The van der Waals surface area contributed by atoms with E-state index in [0.29, 0.717) is 31.7 Å². The molecule has 0 spiro atoms. The highest BCUT2D eigenvalue weighted by Crippen LogP contribution is 2.40. The van der Waals surface area contributed by atoms with E-state index < -0.39 is 0 Å². The maximum Gasteiger partial charge on any atom is 0.189 e. The fourth-order valence-electron chi connectivity index (χ4n) is 1.95. The third-order valence-corrected chi connectivity index (χ3v) is 4.68. The number of aromatic amines is 1. The van der Waals surface area contributed by atoms with Crippen molar-refractivity contribution in [1.82, 2.24) is 25.4 Å². The minimum Gasteiger partial charge on any atom is -0.496 e. The van der Waals surface area contributed by atoms with Crippen LogP contribution in [0.2, 0.25) is 5.15 Å². The average Bonchev–Trinajstić information content (AvgIpc) is 2.97. The van der Waals surface area contributed by atoms with Crippen molar-refractivity contribution in [2.24, 2.45) is 0 Å². The molecule has 0 radical (unpaired) electrons. The van der Waals surface area contributed by atoms with Crippen molar-refractivity contribution in [3.05, 3.63) is 21.8 Å². The van der Waals surface area contributed by atoms with Crippen molar-refractivity contribution >= 4 is 50.3 Å². The van der Waals surface area contributed by atoms with Gasteiger partial charge < -0.3 is 4.74 Å². The van der Waals surface area contributed by atoms with Crippen LogP contribution in [0.25, 0.3) is 22.3 Å². The second kappa shape index (κ2) is 5.78. The Balaban J connectivity index is 2.39. The number of halogens is 2. The van der Waals surface area contributed by atoms with Gasteiger partial charge in [-0.3, -0.25) is 0 Å². The number of methoxy groups -OCH3 is 1. The fraction of sp³-hybridized carbons (Fsp3) is 0.167. The summed E-state index contributed by atoms with van der Waals surface area (Å²) in [5, 5.41) is 11.8. The number of fused-ring (bicyclic) bond motifs is 1. The molecule has 0 amide bonds. The summed E-state index contributed by atoms with van der Waals surface area (Å²) in [6.45, 7) is 0. The second-order valence-corrected chi connectivity index (χ2v) is 5.92. The largest absolute Gasteiger partial charge is 0.496 e. The molecule has 0 unspecified atom stereocenters. The number of aromatic nitrogens is 5. The van der Waals surface area contributed by atoms with Crippen LogP contribution in [0.15, 0.2) is 21.8 Å². The molecule has 0 bridgehead atoms. The third-order valence-electron chi connectivity index (χ3n) is 2.88. The van der Waals surface area contributed by atoms with Crippen LogP contribution in [-0.2, 0) is 0 Å². The summed E-state index contributed by atoms with van der Waals surface area (Å²) >= 11 is 11.0. The maximum absolute atomic E-state index is 6.17. The van der Waals surface area contributed by atoms with Gasteiger partial charge in [-0.25, -0.2) is 9.97 Å². The van der Waals surface area contributed by atoms with Gasteiger partial charge in [-0.05, 0) is 34.3 Å². The summed E-state index contributed by atoms with van der Waals surface area (Å²) in [6.07, 6.45) is 1.89. The van der Waals surface area contributed by atoms with E-state index in [9.17, 15) is 0 Å². The Morgan fingerprint density at radius 3 is 2.81 bits per heavy atom. The first-order chi connectivity index (χ1) is 10.2. The van der Waals surface area contributed by atoms with E-state index >= 15 is 0 Å². The minimum atomic E-state index is 0.340. The van der Waals surface area contributed by atoms with Gasteiger partial charge in [0.05, 0.1) is 22.8 Å². The third kappa shape index (κ3) is 2.47. The van der Waals surface area contributed by atoms with E-state index in [1.165, 1.54) is 11.8 Å². The predicted octanol–water partition coefficient (Wildman–Crippen LogP) is 3.56. The van der Waals surface area contributed by atoms with Crippen LogP contribution in [0, 0.1) is 0 Å². The van der Waals surface area contributed by atoms with Gasteiger partial charge in [0.15, 0.2) is 5.16 Å². The topological polar surface area (TPSA) is 76.6 Å². The number of ether oxygens (including phenoxy) is 1. The second-order valence-electron chi connectivity index (χ2n) is 4.00. The maximum atomic E-state index is 6.17. The Bertz CT molecular complexity index is 825. The van der Waals surface area contributed by atoms with Crippen LogP contribution in [-0.4, -0.2) is 38.7 Å². The number of thioether (sulfide) groups is 1. The van der Waals surface area contributed by atoms with Crippen molar-refractivity contribution < 1.29 is 4.74 Å². The number of hydrogen-bond donors (Lipinski definition) is 1. The van der Waals surface area contributed by atoms with Gasteiger partial charge in [-0.2, -0.15) is 15.4 Å². The number of hydrogen-bond acceptors (Lipinski definition) is 6. The molecule has 6 nitrogen and oxygen atoms in total. The SMILES string of the molecule is COc1ccc2n[nH]nc2c1-c1nc(SC)nc(Cl)c1Br. The van der Waals surface area contributed by atoms with E-state index in [4.69, 9.17) is 16.3 Å². The molecule has 21 heavy (non-hydrogen) atoms. The highest BCUT2D eigenvalue weighted by Gasteiger charge is 2.20. The van der Waals surface area contributed by atoms with Crippen LogP contribution in [0.4, 0.5) is 0 Å². The van der Waals surface area contributed by atoms with Crippen LogP contribution in [0.5, 0.6) is 5.75 Å². The highest BCUT2D eigenvalue weighted by molar-refractivity contribution is 9.10. The summed E-state index contributed by atoms with van der Waals surface area (Å²) in [7, 11) is 1.59. The zero-order valence-corrected chi connectivity index (χ0v) is 14.2. The van der Waals surface area contributed by atoms with Crippen LogP contribution in [0.1, 0.15) is 0 Å². The number of benzene rings is 1. The first-order valence-electron chi connectivity index (χ1n) is 5.80. The molecule has 9 heteroatoms. The Hall–Kier alpha value is -1.38. The van der Waals surface area contributed by atoms with E-state index in [1.807, 2.05) is 18.4 Å². The summed E-state index contributed by atoms with van der Waals surface area (Å²) in [5.74, 6) is 0.638. The van der Waals surface area contributed by atoms with Crippen LogP contribution < -0.4 is 4.74 Å². The highest BCUT2D eigenvalue weighted by atomic mass is 79.9. The minimum absolute atomic E-state index is 0.340. The molecule has 2 heterocycles. The van der Waals surface area contributed by atoms with Crippen LogP contribution in [0.3, 0.4) is 0 Å². The lowest BCUT2D eigenvalue weighted by atomic mass is 10.1. The van der Waals surface area contributed by atoms with Gasteiger partial charge in [0, 0.05) is 0 Å². The number of rotatable bonds is 3. The lowest BCUT2D eigenvalue weighted by Crippen LogP contribution is -1.97. The smallest absolute Gasteiger partial charge is 0.189 e. The molecular weight excluding hydrogens is 378 g/mol. The van der Waals surface area contributed by atoms with Gasteiger partial charge in [0.1, 0.15) is 21.9 Å². The van der Waals surface area contributed by atoms with Gasteiger partial charge in [-0.1, -0.05) is 23.4 Å². The van der Waals surface area contributed by atoms with Crippen molar-refractivity contribution in [3.8, 4) is 17.0 Å². The van der Waals surface area contributed by atoms with E-state index in [0.717, 1.165) is 11.1 Å². The monoisotopic (exact) mass is 385 g/mol. The molecule has 0 saturated heterocycles. The number of H-pyrrole nitrogens is 1. The molecule has 0 aliphatic carbocycles. The zero-order valence-electron chi connectivity index (χ0n) is 11.0. The molecule has 0 aliphatic heterocycles. The lowest BCUT2D eigenvalue weighted by molar-refractivity contribution is 0.416. The Kier molecular flexibility index (Phi) is 4.01. The standard InChI is InChI=1S/C12H9BrClN5OS/c1-20-6-4-3-5-9(18-19-17-5)7(6)10-8(13)11(14)16-12(15-10)21-2/h3-4H,1-2H3,(H,17,18,19). The van der Waals surface area contributed by atoms with Crippen molar-refractivity contribution in [2.75, 3.05) is 13.4 Å². The summed E-state index contributed by atoms with van der Waals surface area (Å²) < 4.78 is 6.03. The average molecular weight is 387 g/mol. The fourth-order valence-corrected chi connectivity index (χ4v) is 2.91. The van der Waals surface area contributed by atoms with E-state index in [2.05, 4.69) is 41.3 Å².